The van der Waals surface area contributed by atoms with Crippen molar-refractivity contribution >= 4 is 23.9 Å². The molecule has 0 aliphatic rings. The van der Waals surface area contributed by atoms with Crippen LogP contribution in [0.25, 0.3) is 0 Å². The van der Waals surface area contributed by atoms with E-state index in [1.807, 2.05) is 18.2 Å². The molecular weight excluding hydrogens is 203 g/mol. The van der Waals surface area contributed by atoms with Gasteiger partial charge in [-0.05, 0) is 6.92 Å². The minimum absolute atomic E-state index is 0. The zero-order valence-corrected chi connectivity index (χ0v) is 4.39. The number of hydrogen-bond acceptors (Lipinski definition) is 0. The summed E-state index contributed by atoms with van der Waals surface area (Å²) in [5.41, 5.74) is 1.32. The summed E-state index contributed by atoms with van der Waals surface area (Å²) in [5, 5.41) is 0. The van der Waals surface area contributed by atoms with Crippen LogP contribution in [0.15, 0.2) is 30.3 Å². The minimum atomic E-state index is 0. The Morgan fingerprint density at radius 2 is 1.50 bits per heavy atom. The first-order chi connectivity index (χ1) is 3.39. The molecule has 1 aromatic carbocycles. The predicted molar refractivity (Wildman–Crippen MR) is 42.5 cm³/mol. The van der Waals surface area contributed by atoms with Gasteiger partial charge in [-0.15, -0.1) is 0 Å². The van der Waals surface area contributed by atoms with Crippen molar-refractivity contribution in [3.8, 4) is 0 Å². The Morgan fingerprint density at radius 1 is 1.00 bits per heavy atom. The van der Waals surface area contributed by atoms with Gasteiger partial charge in [-0.2, -0.15) is 0 Å². The molecule has 0 aromatic heterocycles. The van der Waals surface area contributed by atoms with E-state index in [2.05, 4.69) is 19.1 Å². The second-order valence-corrected chi connectivity index (χ2v) is 1.65. The normalized spacial score (nSPS) is 7.62. The van der Waals surface area contributed by atoms with E-state index in [4.69, 9.17) is 0 Å². The Kier molecular flexibility index (Phi) is 3.96. The summed E-state index contributed by atoms with van der Waals surface area (Å²) >= 11 is 0. The van der Waals surface area contributed by atoms with E-state index >= 15 is 0 Å². The summed E-state index contributed by atoms with van der Waals surface area (Å²) in [6, 6.07) is 10.3. The Bertz CT molecular complexity index is 134. The number of hydrogen-bond donors (Lipinski definition) is 0. The third kappa shape index (κ3) is 2.36. The molecule has 1 heteroatoms. The van der Waals surface area contributed by atoms with Crippen LogP contribution in [0.2, 0.25) is 0 Å². The molecule has 0 atom stereocenters. The van der Waals surface area contributed by atoms with Crippen molar-refractivity contribution in [2.75, 3.05) is 0 Å². The van der Waals surface area contributed by atoms with Gasteiger partial charge in [0.25, 0.3) is 0 Å². The fraction of sp³-hybridized carbons (Fsp3) is 0.143. The SMILES string of the molecule is Cc1ccccc1.[SnH4]. The third-order valence-corrected chi connectivity index (χ3v) is 0.940. The van der Waals surface area contributed by atoms with Crippen molar-refractivity contribution in [2.45, 2.75) is 6.92 Å². The van der Waals surface area contributed by atoms with Gasteiger partial charge in [-0.1, -0.05) is 35.9 Å². The number of benzene rings is 1. The molecule has 0 saturated heterocycles. The molecule has 0 unspecified atom stereocenters. The molecule has 0 N–H and O–H groups in total. The van der Waals surface area contributed by atoms with Gasteiger partial charge >= 0.3 is 23.9 Å². The van der Waals surface area contributed by atoms with Crippen molar-refractivity contribution in [2.24, 2.45) is 0 Å². The molecule has 44 valence electrons. The summed E-state index contributed by atoms with van der Waals surface area (Å²) in [6.07, 6.45) is 0. The molecule has 0 heterocycles. The molecule has 1 rings (SSSR count). The van der Waals surface area contributed by atoms with Crippen LogP contribution in [0.3, 0.4) is 0 Å². The van der Waals surface area contributed by atoms with Crippen LogP contribution in [-0.2, 0) is 0 Å². The van der Waals surface area contributed by atoms with Crippen LogP contribution in [0, 0.1) is 6.92 Å². The fourth-order valence-corrected chi connectivity index (χ4v) is 0.534. The quantitative estimate of drug-likeness (QED) is 0.554. The molecule has 0 fully saturated rings. The topological polar surface area (TPSA) is 0 Å². The van der Waals surface area contributed by atoms with Gasteiger partial charge in [0.15, 0.2) is 0 Å². The van der Waals surface area contributed by atoms with E-state index in [0.717, 1.165) is 0 Å². The van der Waals surface area contributed by atoms with E-state index in [0.29, 0.717) is 0 Å². The Balaban J connectivity index is 0.000000490. The summed E-state index contributed by atoms with van der Waals surface area (Å²) in [5.74, 6) is 0. The van der Waals surface area contributed by atoms with Gasteiger partial charge in [0.05, 0.1) is 0 Å². The van der Waals surface area contributed by atoms with Crippen LogP contribution in [0.5, 0.6) is 0 Å². The first kappa shape index (κ1) is 8.02. The first-order valence-corrected chi connectivity index (χ1v) is 2.41. The molecule has 0 aliphatic carbocycles. The maximum absolute atomic E-state index is 2.08. The van der Waals surface area contributed by atoms with Gasteiger partial charge in [0.1, 0.15) is 0 Å². The van der Waals surface area contributed by atoms with E-state index < -0.39 is 0 Å². The molecular formula is C7H12Sn. The molecule has 0 radical (unpaired) electrons. The van der Waals surface area contributed by atoms with Gasteiger partial charge in [0, 0.05) is 0 Å². The summed E-state index contributed by atoms with van der Waals surface area (Å²) in [7, 11) is 0. The summed E-state index contributed by atoms with van der Waals surface area (Å²) in [4.78, 5) is 0. The number of aryl methyl sites for hydroxylation is 1. The molecule has 0 bridgehead atoms. The van der Waals surface area contributed by atoms with Crippen molar-refractivity contribution in [3.05, 3.63) is 35.9 Å². The summed E-state index contributed by atoms with van der Waals surface area (Å²) < 4.78 is 0. The second kappa shape index (κ2) is 3.95. The van der Waals surface area contributed by atoms with Crippen LogP contribution in [0.1, 0.15) is 5.56 Å². The van der Waals surface area contributed by atoms with Gasteiger partial charge in [-0.25, -0.2) is 0 Å². The molecule has 0 aliphatic heterocycles. The van der Waals surface area contributed by atoms with E-state index in [9.17, 15) is 0 Å². The van der Waals surface area contributed by atoms with Gasteiger partial charge < -0.3 is 0 Å². The van der Waals surface area contributed by atoms with Crippen LogP contribution < -0.4 is 0 Å². The molecule has 0 nitrogen and oxygen atoms in total. The van der Waals surface area contributed by atoms with E-state index in [-0.39, 0.29) is 23.9 Å². The van der Waals surface area contributed by atoms with Crippen molar-refractivity contribution in [3.63, 3.8) is 0 Å². The Labute approximate surface area is 66.9 Å². The van der Waals surface area contributed by atoms with E-state index in [1.54, 1.807) is 0 Å². The standard InChI is InChI=1S/C7H8.Sn.4H/c1-7-5-3-2-4-6-7;;;;;/h2-6H,1H3;;;;;. The van der Waals surface area contributed by atoms with Crippen LogP contribution in [0.4, 0.5) is 0 Å². The number of rotatable bonds is 0. The molecule has 0 saturated carbocycles. The fourth-order valence-electron chi connectivity index (χ4n) is 0.534. The summed E-state index contributed by atoms with van der Waals surface area (Å²) in [6.45, 7) is 2.08. The van der Waals surface area contributed by atoms with Crippen LogP contribution in [-0.4, -0.2) is 23.9 Å². The zero-order valence-electron chi connectivity index (χ0n) is 4.39. The Morgan fingerprint density at radius 3 is 1.75 bits per heavy atom. The molecule has 0 spiro atoms. The molecule has 8 heavy (non-hydrogen) atoms. The van der Waals surface area contributed by atoms with Crippen molar-refractivity contribution in [1.29, 1.82) is 0 Å². The van der Waals surface area contributed by atoms with Crippen molar-refractivity contribution in [1.82, 2.24) is 0 Å². The van der Waals surface area contributed by atoms with Gasteiger partial charge in [-0.3, -0.25) is 0 Å². The second-order valence-electron chi connectivity index (χ2n) is 1.65. The average molecular weight is 215 g/mol. The third-order valence-electron chi connectivity index (χ3n) is 0.940. The first-order valence-electron chi connectivity index (χ1n) is 2.41. The maximum atomic E-state index is 2.08. The van der Waals surface area contributed by atoms with E-state index in [1.165, 1.54) is 5.56 Å². The van der Waals surface area contributed by atoms with Crippen LogP contribution >= 0.6 is 0 Å². The average Bonchev–Trinajstić information content (AvgIpc) is 1.69. The predicted octanol–water partition coefficient (Wildman–Crippen LogP) is 0.543. The molecule has 0 amide bonds. The zero-order chi connectivity index (χ0) is 5.11. The molecule has 1 aromatic rings. The van der Waals surface area contributed by atoms with Gasteiger partial charge in [0.2, 0.25) is 0 Å². The monoisotopic (exact) mass is 216 g/mol. The van der Waals surface area contributed by atoms with Crippen molar-refractivity contribution < 1.29 is 0 Å². The Hall–Kier alpha value is 0.0187.